The van der Waals surface area contributed by atoms with Gasteiger partial charge in [-0.05, 0) is 23.6 Å². The van der Waals surface area contributed by atoms with Crippen molar-refractivity contribution in [1.82, 2.24) is 4.98 Å². The van der Waals surface area contributed by atoms with E-state index >= 15 is 0 Å². The maximum atomic E-state index is 10.7. The minimum Gasteiger partial charge on any atom is -0.480 e. The Morgan fingerprint density at radius 1 is 1.50 bits per heavy atom. The molecule has 0 fully saturated rings. The summed E-state index contributed by atoms with van der Waals surface area (Å²) in [5.41, 5.74) is 2.20. The molecule has 0 aliphatic heterocycles. The molecule has 2 rings (SSSR count). The third kappa shape index (κ3) is 2.61. The van der Waals surface area contributed by atoms with Crippen LogP contribution in [0.2, 0.25) is 0 Å². The summed E-state index contributed by atoms with van der Waals surface area (Å²) in [6.45, 7) is 4.27. The highest BCUT2D eigenvalue weighted by Gasteiger charge is 2.11. The molecule has 0 spiro atoms. The molecule has 0 radical (unpaired) electrons. The van der Waals surface area contributed by atoms with Crippen LogP contribution in [0.25, 0.3) is 10.2 Å². The van der Waals surface area contributed by atoms with E-state index in [1.165, 1.54) is 16.9 Å². The monoisotopic (exact) mass is 264 g/mol. The van der Waals surface area contributed by atoms with Gasteiger partial charge in [-0.2, -0.15) is 0 Å². The number of carbonyl (C=O) groups is 1. The highest BCUT2D eigenvalue weighted by molar-refractivity contribution is 7.22. The second-order valence-electron chi connectivity index (χ2n) is 4.63. The minimum atomic E-state index is -0.848. The first-order chi connectivity index (χ1) is 8.47. The normalized spacial score (nSPS) is 11.1. The molecular formula is C13H16N2O2S. The van der Waals surface area contributed by atoms with Gasteiger partial charge >= 0.3 is 5.97 Å². The first-order valence-corrected chi connectivity index (χ1v) is 6.62. The number of carboxylic acid groups (broad SMARTS) is 1. The zero-order chi connectivity index (χ0) is 13.3. The van der Waals surface area contributed by atoms with E-state index in [2.05, 4.69) is 31.0 Å². The molecule has 18 heavy (non-hydrogen) atoms. The molecule has 0 unspecified atom stereocenters. The Morgan fingerprint density at radius 3 is 2.83 bits per heavy atom. The quantitative estimate of drug-likeness (QED) is 0.922. The molecule has 0 aliphatic rings. The van der Waals surface area contributed by atoms with Crippen LogP contribution in [-0.2, 0) is 4.79 Å². The lowest BCUT2D eigenvalue weighted by molar-refractivity contribution is -0.135. The fraction of sp³-hybridized carbons (Fsp3) is 0.385. The van der Waals surface area contributed by atoms with Crippen LogP contribution < -0.4 is 4.90 Å². The van der Waals surface area contributed by atoms with Crippen LogP contribution in [-0.4, -0.2) is 29.7 Å². The molecule has 0 saturated carbocycles. The molecule has 0 saturated heterocycles. The number of thiazole rings is 1. The van der Waals surface area contributed by atoms with Gasteiger partial charge in [-0.1, -0.05) is 31.3 Å². The maximum absolute atomic E-state index is 10.7. The van der Waals surface area contributed by atoms with E-state index in [1.807, 2.05) is 6.07 Å². The molecule has 5 heteroatoms. The van der Waals surface area contributed by atoms with Gasteiger partial charge in [0.15, 0.2) is 5.13 Å². The minimum absolute atomic E-state index is 0.0309. The van der Waals surface area contributed by atoms with Gasteiger partial charge in [-0.25, -0.2) is 4.98 Å². The topological polar surface area (TPSA) is 53.4 Å². The molecule has 1 aromatic carbocycles. The summed E-state index contributed by atoms with van der Waals surface area (Å²) < 4.78 is 1.11. The van der Waals surface area contributed by atoms with E-state index in [4.69, 9.17) is 5.11 Å². The third-order valence-electron chi connectivity index (χ3n) is 2.77. The summed E-state index contributed by atoms with van der Waals surface area (Å²) in [6, 6.07) is 6.21. The first-order valence-electron chi connectivity index (χ1n) is 5.81. The van der Waals surface area contributed by atoms with E-state index in [9.17, 15) is 4.79 Å². The van der Waals surface area contributed by atoms with Gasteiger partial charge in [-0.15, -0.1) is 0 Å². The number of fused-ring (bicyclic) bond motifs is 1. The lowest BCUT2D eigenvalue weighted by Gasteiger charge is -2.11. The summed E-state index contributed by atoms with van der Waals surface area (Å²) in [4.78, 5) is 16.8. The summed E-state index contributed by atoms with van der Waals surface area (Å²) in [5, 5.41) is 9.52. The van der Waals surface area contributed by atoms with Crippen LogP contribution in [0.4, 0.5) is 5.13 Å². The summed E-state index contributed by atoms with van der Waals surface area (Å²) in [5.74, 6) is -0.365. The fourth-order valence-electron chi connectivity index (χ4n) is 1.72. The SMILES string of the molecule is CC(C)c1ccc2nc(N(C)CC(=O)O)sc2c1. The molecule has 96 valence electrons. The van der Waals surface area contributed by atoms with Crippen molar-refractivity contribution in [3.05, 3.63) is 23.8 Å². The second kappa shape index (κ2) is 4.94. The smallest absolute Gasteiger partial charge is 0.323 e. The van der Waals surface area contributed by atoms with Gasteiger partial charge in [0.2, 0.25) is 0 Å². The van der Waals surface area contributed by atoms with Crippen molar-refractivity contribution in [2.24, 2.45) is 0 Å². The van der Waals surface area contributed by atoms with Crippen LogP contribution in [0.1, 0.15) is 25.3 Å². The Balaban J connectivity index is 2.35. The van der Waals surface area contributed by atoms with Crippen LogP contribution in [0.5, 0.6) is 0 Å². The largest absolute Gasteiger partial charge is 0.480 e. The van der Waals surface area contributed by atoms with Crippen LogP contribution >= 0.6 is 11.3 Å². The highest BCUT2D eigenvalue weighted by atomic mass is 32.1. The van der Waals surface area contributed by atoms with Crippen molar-refractivity contribution in [1.29, 1.82) is 0 Å². The number of likely N-dealkylation sites (N-methyl/N-ethyl adjacent to an activating group) is 1. The predicted octanol–water partition coefficient (Wildman–Crippen LogP) is 2.94. The number of aliphatic carboxylic acids is 1. The van der Waals surface area contributed by atoms with Gasteiger partial charge in [0.05, 0.1) is 10.2 Å². The van der Waals surface area contributed by atoms with Crippen molar-refractivity contribution in [2.75, 3.05) is 18.5 Å². The van der Waals surface area contributed by atoms with E-state index in [1.54, 1.807) is 11.9 Å². The Hall–Kier alpha value is -1.62. The standard InChI is InChI=1S/C13H16N2O2S/c1-8(2)9-4-5-10-11(6-9)18-13(14-10)15(3)7-12(16)17/h4-6,8H,7H2,1-3H3,(H,16,17). The average Bonchev–Trinajstić information content (AvgIpc) is 2.70. The molecule has 4 nitrogen and oxygen atoms in total. The lowest BCUT2D eigenvalue weighted by atomic mass is 10.0. The number of aromatic nitrogens is 1. The van der Waals surface area contributed by atoms with Crippen LogP contribution in [0, 0.1) is 0 Å². The predicted molar refractivity (Wildman–Crippen MR) is 74.6 cm³/mol. The molecule has 0 bridgehead atoms. The zero-order valence-electron chi connectivity index (χ0n) is 10.7. The molecule has 1 heterocycles. The Bertz CT molecular complexity index is 577. The summed E-state index contributed by atoms with van der Waals surface area (Å²) in [6.07, 6.45) is 0. The second-order valence-corrected chi connectivity index (χ2v) is 5.64. The molecule has 1 N–H and O–H groups in total. The number of hydrogen-bond donors (Lipinski definition) is 1. The van der Waals surface area contributed by atoms with Crippen molar-refractivity contribution in [3.8, 4) is 0 Å². The van der Waals surface area contributed by atoms with Crippen molar-refractivity contribution < 1.29 is 9.90 Å². The molecule has 0 atom stereocenters. The first kappa shape index (κ1) is 12.8. The fourth-order valence-corrected chi connectivity index (χ4v) is 2.70. The number of anilines is 1. The molecular weight excluding hydrogens is 248 g/mol. The summed E-state index contributed by atoms with van der Waals surface area (Å²) in [7, 11) is 1.75. The Labute approximate surface area is 110 Å². The van der Waals surface area contributed by atoms with Gasteiger partial charge in [0.1, 0.15) is 6.54 Å². The number of hydrogen-bond acceptors (Lipinski definition) is 4. The van der Waals surface area contributed by atoms with Crippen LogP contribution in [0.3, 0.4) is 0 Å². The summed E-state index contributed by atoms with van der Waals surface area (Å²) >= 11 is 1.53. The number of nitrogens with zero attached hydrogens (tertiary/aromatic N) is 2. The van der Waals surface area contributed by atoms with E-state index < -0.39 is 5.97 Å². The van der Waals surface area contributed by atoms with Gasteiger partial charge in [-0.3, -0.25) is 4.79 Å². The zero-order valence-corrected chi connectivity index (χ0v) is 11.5. The molecule has 0 aliphatic carbocycles. The van der Waals surface area contributed by atoms with E-state index in [-0.39, 0.29) is 6.54 Å². The average molecular weight is 264 g/mol. The van der Waals surface area contributed by atoms with Gasteiger partial charge in [0.25, 0.3) is 0 Å². The van der Waals surface area contributed by atoms with Crippen molar-refractivity contribution in [2.45, 2.75) is 19.8 Å². The maximum Gasteiger partial charge on any atom is 0.323 e. The Kier molecular flexibility index (Phi) is 3.52. The lowest BCUT2D eigenvalue weighted by Crippen LogP contribution is -2.24. The van der Waals surface area contributed by atoms with Crippen molar-refractivity contribution in [3.63, 3.8) is 0 Å². The number of rotatable bonds is 4. The van der Waals surface area contributed by atoms with E-state index in [0.717, 1.165) is 15.3 Å². The Morgan fingerprint density at radius 2 is 2.22 bits per heavy atom. The van der Waals surface area contributed by atoms with Crippen LogP contribution in [0.15, 0.2) is 18.2 Å². The van der Waals surface area contributed by atoms with Gasteiger partial charge < -0.3 is 10.0 Å². The third-order valence-corrected chi connectivity index (χ3v) is 3.90. The van der Waals surface area contributed by atoms with Crippen molar-refractivity contribution >= 4 is 32.7 Å². The molecule has 2 aromatic rings. The van der Waals surface area contributed by atoms with Gasteiger partial charge in [0, 0.05) is 7.05 Å². The highest BCUT2D eigenvalue weighted by Crippen LogP contribution is 2.30. The number of benzene rings is 1. The number of carboxylic acids is 1. The molecule has 1 aromatic heterocycles. The molecule has 0 amide bonds. The van der Waals surface area contributed by atoms with E-state index in [0.29, 0.717) is 5.92 Å².